The van der Waals surface area contributed by atoms with Crippen molar-refractivity contribution in [1.29, 1.82) is 0 Å². The molecule has 0 N–H and O–H groups in total. The van der Waals surface area contributed by atoms with Gasteiger partial charge in [0.25, 0.3) is 5.01 Å². The molecule has 0 atom stereocenters. The van der Waals surface area contributed by atoms with E-state index in [0.29, 0.717) is 0 Å². The molecule has 0 aliphatic carbocycles. The number of fused-ring (bicyclic) bond motifs is 3. The molecular formula is C16H13N2OS+. The van der Waals surface area contributed by atoms with Crippen molar-refractivity contribution in [2.45, 2.75) is 6.92 Å². The number of hydrogen-bond acceptors (Lipinski definition) is 3. The molecule has 3 nitrogen and oxygen atoms in total. The van der Waals surface area contributed by atoms with Gasteiger partial charge in [-0.3, -0.25) is 4.98 Å². The van der Waals surface area contributed by atoms with Crippen LogP contribution in [0, 0.1) is 6.92 Å². The Hall–Kier alpha value is -2.20. The van der Waals surface area contributed by atoms with Crippen LogP contribution in [0.2, 0.25) is 0 Å². The van der Waals surface area contributed by atoms with Gasteiger partial charge < -0.3 is 4.42 Å². The van der Waals surface area contributed by atoms with Gasteiger partial charge in [-0.1, -0.05) is 29.5 Å². The summed E-state index contributed by atoms with van der Waals surface area (Å²) >= 11 is 1.77. The highest BCUT2D eigenvalue weighted by Crippen LogP contribution is 2.35. The molecule has 0 unspecified atom stereocenters. The molecule has 0 radical (unpaired) electrons. The summed E-state index contributed by atoms with van der Waals surface area (Å²) in [6, 6.07) is 10.4. The minimum Gasteiger partial charge on any atom is -0.402 e. The van der Waals surface area contributed by atoms with Crippen molar-refractivity contribution >= 4 is 32.7 Å². The molecule has 0 aliphatic rings. The predicted octanol–water partition coefficient (Wildman–Crippen LogP) is 3.84. The summed E-state index contributed by atoms with van der Waals surface area (Å²) in [4.78, 5) is 4.11. The van der Waals surface area contributed by atoms with Gasteiger partial charge in [0.1, 0.15) is 7.05 Å². The Balaban J connectivity index is 2.07. The van der Waals surface area contributed by atoms with Crippen molar-refractivity contribution < 1.29 is 8.98 Å². The fourth-order valence-corrected chi connectivity index (χ4v) is 3.84. The molecule has 4 rings (SSSR count). The maximum atomic E-state index is 5.94. The van der Waals surface area contributed by atoms with Crippen LogP contribution < -0.4 is 4.57 Å². The Morgan fingerprint density at radius 3 is 2.90 bits per heavy atom. The fourth-order valence-electron chi connectivity index (χ4n) is 2.54. The van der Waals surface area contributed by atoms with Gasteiger partial charge in [-0.2, -0.15) is 4.57 Å². The van der Waals surface area contributed by atoms with E-state index in [4.69, 9.17) is 4.42 Å². The number of thiazole rings is 1. The third kappa shape index (κ3) is 1.51. The molecule has 0 saturated carbocycles. The van der Waals surface area contributed by atoms with Crippen LogP contribution in [0.1, 0.15) is 5.56 Å². The van der Waals surface area contributed by atoms with Crippen LogP contribution in [-0.2, 0) is 7.05 Å². The van der Waals surface area contributed by atoms with E-state index in [-0.39, 0.29) is 0 Å². The van der Waals surface area contributed by atoms with E-state index in [2.05, 4.69) is 47.8 Å². The highest BCUT2D eigenvalue weighted by atomic mass is 32.1. The molecule has 0 spiro atoms. The average Bonchev–Trinajstić information content (AvgIpc) is 2.97. The van der Waals surface area contributed by atoms with Gasteiger partial charge in [0.05, 0.1) is 11.8 Å². The number of benzene rings is 1. The van der Waals surface area contributed by atoms with Gasteiger partial charge in [-0.05, 0) is 24.6 Å². The maximum absolute atomic E-state index is 5.94. The number of rotatable bonds is 1. The predicted molar refractivity (Wildman–Crippen MR) is 80.7 cm³/mol. The van der Waals surface area contributed by atoms with Crippen LogP contribution in [0.3, 0.4) is 0 Å². The van der Waals surface area contributed by atoms with E-state index in [9.17, 15) is 0 Å². The normalized spacial score (nSPS) is 11.5. The number of pyridine rings is 1. The molecular weight excluding hydrogens is 268 g/mol. The number of nitrogens with zero attached hydrogens (tertiary/aromatic N) is 2. The second-order valence-electron chi connectivity index (χ2n) is 4.89. The molecule has 3 aromatic heterocycles. The molecule has 0 amide bonds. The van der Waals surface area contributed by atoms with Crippen LogP contribution in [0.4, 0.5) is 0 Å². The summed E-state index contributed by atoms with van der Waals surface area (Å²) in [5.74, 6) is 0. The molecule has 0 bridgehead atoms. The van der Waals surface area contributed by atoms with Crippen LogP contribution in [0.5, 0.6) is 0 Å². The second-order valence-corrected chi connectivity index (χ2v) is 5.89. The van der Waals surface area contributed by atoms with Crippen LogP contribution in [0.15, 0.2) is 47.1 Å². The monoisotopic (exact) mass is 281 g/mol. The van der Waals surface area contributed by atoms with E-state index < -0.39 is 0 Å². The van der Waals surface area contributed by atoms with Crippen molar-refractivity contribution in [2.75, 3.05) is 0 Å². The minimum atomic E-state index is 0.848. The van der Waals surface area contributed by atoms with E-state index in [1.54, 1.807) is 17.5 Å². The van der Waals surface area contributed by atoms with E-state index in [0.717, 1.165) is 16.7 Å². The van der Waals surface area contributed by atoms with E-state index >= 15 is 0 Å². The molecule has 4 aromatic rings. The summed E-state index contributed by atoms with van der Waals surface area (Å²) in [6.07, 6.45) is 3.58. The topological polar surface area (TPSA) is 29.9 Å². The number of aryl methyl sites for hydroxylation is 2. The lowest BCUT2D eigenvalue weighted by molar-refractivity contribution is -0.636. The van der Waals surface area contributed by atoms with Crippen LogP contribution in [-0.4, -0.2) is 4.98 Å². The maximum Gasteiger partial charge on any atom is 0.393 e. The number of hydrogen-bond donors (Lipinski definition) is 0. The molecule has 20 heavy (non-hydrogen) atoms. The Morgan fingerprint density at radius 2 is 2.05 bits per heavy atom. The summed E-state index contributed by atoms with van der Waals surface area (Å²) in [7, 11) is 2.05. The largest absolute Gasteiger partial charge is 0.402 e. The van der Waals surface area contributed by atoms with Gasteiger partial charge in [-0.25, -0.2) is 0 Å². The van der Waals surface area contributed by atoms with Gasteiger partial charge in [0.2, 0.25) is 0 Å². The lowest BCUT2D eigenvalue weighted by Crippen LogP contribution is -2.28. The molecule has 0 aliphatic heterocycles. The Bertz CT molecular complexity index is 936. The third-order valence-corrected chi connectivity index (χ3v) is 4.90. The first-order valence-corrected chi connectivity index (χ1v) is 7.28. The smallest absolute Gasteiger partial charge is 0.393 e. The van der Waals surface area contributed by atoms with Gasteiger partial charge in [0, 0.05) is 11.6 Å². The molecule has 1 aromatic carbocycles. The molecule has 98 valence electrons. The van der Waals surface area contributed by atoms with Crippen molar-refractivity contribution in [2.24, 2.45) is 7.05 Å². The van der Waals surface area contributed by atoms with Gasteiger partial charge in [0.15, 0.2) is 10.3 Å². The minimum absolute atomic E-state index is 0.848. The molecule has 4 heteroatoms. The van der Waals surface area contributed by atoms with Gasteiger partial charge >= 0.3 is 5.71 Å². The van der Waals surface area contributed by atoms with Crippen molar-refractivity contribution in [3.63, 3.8) is 0 Å². The Labute approximate surface area is 120 Å². The Kier molecular flexibility index (Phi) is 2.41. The summed E-state index contributed by atoms with van der Waals surface area (Å²) in [5.41, 5.74) is 4.29. The van der Waals surface area contributed by atoms with Crippen molar-refractivity contribution in [3.8, 4) is 10.6 Å². The highest BCUT2D eigenvalue weighted by molar-refractivity contribution is 7.22. The highest BCUT2D eigenvalue weighted by Gasteiger charge is 2.25. The summed E-state index contributed by atoms with van der Waals surface area (Å²) < 4.78 is 9.25. The standard InChI is InChI=1S/C16H13N2OS/c1-10-5-3-4-6-11(10)16-18(2)15-14(20-16)12-7-8-17-9-13(12)19-15/h3-9H,1-2H3/q+1. The summed E-state index contributed by atoms with van der Waals surface area (Å²) in [5, 5.41) is 2.35. The first-order valence-electron chi connectivity index (χ1n) is 6.47. The molecule has 0 fully saturated rings. The first kappa shape index (κ1) is 11.6. The SMILES string of the molecule is Cc1ccccc1-c1sc2c3ccncc3oc2[n+]1C. The lowest BCUT2D eigenvalue weighted by atomic mass is 10.1. The molecule has 0 saturated heterocycles. The lowest BCUT2D eigenvalue weighted by Gasteiger charge is -1.98. The number of furan rings is 1. The molecule has 3 heterocycles. The number of aromatic nitrogens is 2. The Morgan fingerprint density at radius 1 is 1.20 bits per heavy atom. The van der Waals surface area contributed by atoms with Crippen molar-refractivity contribution in [1.82, 2.24) is 4.98 Å². The second kappa shape index (κ2) is 4.15. The zero-order valence-electron chi connectivity index (χ0n) is 11.3. The quantitative estimate of drug-likeness (QED) is 0.496. The zero-order valence-corrected chi connectivity index (χ0v) is 12.1. The van der Waals surface area contributed by atoms with E-state index in [1.807, 2.05) is 12.3 Å². The third-order valence-electron chi connectivity index (χ3n) is 3.61. The zero-order chi connectivity index (χ0) is 13.7. The fraction of sp³-hybridized carbons (Fsp3) is 0.125. The van der Waals surface area contributed by atoms with Gasteiger partial charge in [-0.15, -0.1) is 0 Å². The van der Waals surface area contributed by atoms with E-state index in [1.165, 1.54) is 20.8 Å². The average molecular weight is 281 g/mol. The summed E-state index contributed by atoms with van der Waals surface area (Å²) in [6.45, 7) is 2.14. The van der Waals surface area contributed by atoms with Crippen molar-refractivity contribution in [3.05, 3.63) is 48.3 Å². The first-order chi connectivity index (χ1) is 9.75. The van der Waals surface area contributed by atoms with Crippen LogP contribution in [0.25, 0.3) is 32.0 Å². The van der Waals surface area contributed by atoms with Crippen LogP contribution >= 0.6 is 11.3 Å².